The molecular weight excluding hydrogens is 424 g/mol. The summed E-state index contributed by atoms with van der Waals surface area (Å²) in [4.78, 5) is 30.8. The molecule has 8 heteroatoms. The number of methoxy groups -OCH3 is 1. The Bertz CT molecular complexity index is 1160. The summed E-state index contributed by atoms with van der Waals surface area (Å²) in [6.45, 7) is 2.23. The van der Waals surface area contributed by atoms with Crippen molar-refractivity contribution < 1.29 is 14.3 Å². The van der Waals surface area contributed by atoms with E-state index in [-0.39, 0.29) is 17.9 Å². The number of rotatable bonds is 6. The number of fused-ring (bicyclic) bond motifs is 1. The Balaban J connectivity index is 1.35. The fraction of sp³-hybridized carbons (Fsp3) is 0.292. The number of aromatic nitrogens is 1. The molecule has 0 unspecified atom stereocenters. The van der Waals surface area contributed by atoms with Crippen LogP contribution in [0.4, 0.5) is 5.13 Å². The van der Waals surface area contributed by atoms with E-state index in [1.54, 1.807) is 31.4 Å². The summed E-state index contributed by atoms with van der Waals surface area (Å²) in [6, 6.07) is 12.7. The Morgan fingerprint density at radius 1 is 1.19 bits per heavy atom. The Morgan fingerprint density at radius 3 is 2.78 bits per heavy atom. The molecule has 0 saturated heterocycles. The van der Waals surface area contributed by atoms with Gasteiger partial charge in [-0.25, -0.2) is 4.98 Å². The van der Waals surface area contributed by atoms with Crippen LogP contribution in [0.25, 0.3) is 0 Å². The number of aryl methyl sites for hydroxylation is 2. The Kier molecular flexibility index (Phi) is 6.41. The monoisotopic (exact) mass is 450 g/mol. The predicted molar refractivity (Wildman–Crippen MR) is 125 cm³/mol. The highest BCUT2D eigenvalue weighted by Gasteiger charge is 2.23. The van der Waals surface area contributed by atoms with Crippen LogP contribution >= 0.6 is 11.3 Å². The minimum Gasteiger partial charge on any atom is -0.496 e. The second-order valence-corrected chi connectivity index (χ2v) is 9.02. The Morgan fingerprint density at radius 2 is 2.00 bits per heavy atom. The van der Waals surface area contributed by atoms with Crippen LogP contribution in [0, 0.1) is 6.92 Å². The van der Waals surface area contributed by atoms with Crippen molar-refractivity contribution in [1.82, 2.24) is 15.6 Å². The Labute approximate surface area is 191 Å². The van der Waals surface area contributed by atoms with Crippen LogP contribution in [0.5, 0.6) is 5.75 Å². The van der Waals surface area contributed by atoms with Gasteiger partial charge in [-0.15, -0.1) is 11.3 Å². The van der Waals surface area contributed by atoms with E-state index in [2.05, 4.69) is 15.6 Å². The smallest absolute Gasteiger partial charge is 0.251 e. The lowest BCUT2D eigenvalue weighted by atomic mass is 9.97. The number of carbonyl (C=O) groups excluding carboxylic acids is 2. The number of ether oxygens (including phenoxy) is 1. The first kappa shape index (κ1) is 21.8. The molecule has 1 atom stereocenters. The molecule has 1 aromatic heterocycles. The quantitative estimate of drug-likeness (QED) is 0.534. The highest BCUT2D eigenvalue weighted by atomic mass is 32.1. The minimum atomic E-state index is -0.174. The molecule has 2 amide bonds. The summed E-state index contributed by atoms with van der Waals surface area (Å²) >= 11 is 1.50. The number of hydrogen-bond acceptors (Lipinski definition) is 6. The molecule has 0 saturated carbocycles. The van der Waals surface area contributed by atoms with Crippen LogP contribution in [0.1, 0.15) is 48.8 Å². The van der Waals surface area contributed by atoms with E-state index in [4.69, 9.17) is 10.5 Å². The van der Waals surface area contributed by atoms with Gasteiger partial charge in [-0.1, -0.05) is 12.1 Å². The van der Waals surface area contributed by atoms with Gasteiger partial charge in [0.2, 0.25) is 0 Å². The van der Waals surface area contributed by atoms with Gasteiger partial charge < -0.3 is 21.1 Å². The summed E-state index contributed by atoms with van der Waals surface area (Å²) in [5.41, 5.74) is 9.76. The maximum atomic E-state index is 12.8. The highest BCUT2D eigenvalue weighted by Crippen LogP contribution is 2.28. The minimum absolute atomic E-state index is 0.0662. The first-order chi connectivity index (χ1) is 15.4. The van der Waals surface area contributed by atoms with E-state index in [0.717, 1.165) is 46.7 Å². The average Bonchev–Trinajstić information content (AvgIpc) is 3.16. The fourth-order valence-electron chi connectivity index (χ4n) is 3.91. The van der Waals surface area contributed by atoms with Crippen molar-refractivity contribution in [1.29, 1.82) is 0 Å². The molecule has 0 fully saturated rings. The number of nitrogens with zero attached hydrogens (tertiary/aromatic N) is 1. The molecule has 1 heterocycles. The van der Waals surface area contributed by atoms with E-state index < -0.39 is 0 Å². The van der Waals surface area contributed by atoms with Gasteiger partial charge >= 0.3 is 0 Å². The van der Waals surface area contributed by atoms with Crippen molar-refractivity contribution in [3.8, 4) is 5.75 Å². The van der Waals surface area contributed by atoms with Gasteiger partial charge in [-0.3, -0.25) is 9.59 Å². The van der Waals surface area contributed by atoms with Crippen molar-refractivity contribution in [2.75, 3.05) is 12.8 Å². The van der Waals surface area contributed by atoms with E-state index in [9.17, 15) is 9.59 Å². The molecule has 32 heavy (non-hydrogen) atoms. The van der Waals surface area contributed by atoms with E-state index in [1.165, 1.54) is 11.3 Å². The zero-order chi connectivity index (χ0) is 22.7. The zero-order valence-corrected chi connectivity index (χ0v) is 18.9. The number of anilines is 1. The zero-order valence-electron chi connectivity index (χ0n) is 18.1. The van der Waals surface area contributed by atoms with Crippen molar-refractivity contribution in [3.63, 3.8) is 0 Å². The van der Waals surface area contributed by atoms with E-state index >= 15 is 0 Å². The van der Waals surface area contributed by atoms with Crippen molar-refractivity contribution >= 4 is 28.3 Å². The first-order valence-corrected chi connectivity index (χ1v) is 11.3. The molecule has 0 bridgehead atoms. The second-order valence-electron chi connectivity index (χ2n) is 7.90. The van der Waals surface area contributed by atoms with Gasteiger partial charge in [0.25, 0.3) is 11.8 Å². The van der Waals surface area contributed by atoms with Crippen LogP contribution < -0.4 is 21.1 Å². The van der Waals surface area contributed by atoms with E-state index in [1.807, 2.05) is 25.1 Å². The second kappa shape index (κ2) is 9.40. The van der Waals surface area contributed by atoms with Crippen LogP contribution in [-0.4, -0.2) is 29.9 Å². The number of amides is 2. The number of thiazole rings is 1. The van der Waals surface area contributed by atoms with Crippen LogP contribution in [0.3, 0.4) is 0 Å². The van der Waals surface area contributed by atoms with Crippen molar-refractivity contribution in [2.24, 2.45) is 0 Å². The summed E-state index contributed by atoms with van der Waals surface area (Å²) in [5, 5.41) is 6.62. The summed E-state index contributed by atoms with van der Waals surface area (Å²) in [5.74, 6) is 0.454. The molecule has 2 aromatic carbocycles. The Hall–Kier alpha value is -3.39. The van der Waals surface area contributed by atoms with Crippen LogP contribution in [0.2, 0.25) is 0 Å². The van der Waals surface area contributed by atoms with Gasteiger partial charge in [0, 0.05) is 35.0 Å². The number of nitrogens with two attached hydrogens (primary N) is 1. The van der Waals surface area contributed by atoms with E-state index in [0.29, 0.717) is 22.8 Å². The van der Waals surface area contributed by atoms with Gasteiger partial charge in [-0.05, 0) is 61.2 Å². The van der Waals surface area contributed by atoms with Gasteiger partial charge in [0.1, 0.15) is 5.75 Å². The number of benzene rings is 2. The molecular formula is C24H26N4O3S. The molecule has 0 radical (unpaired) electrons. The van der Waals surface area contributed by atoms with Gasteiger partial charge in [0.05, 0.1) is 12.8 Å². The largest absolute Gasteiger partial charge is 0.496 e. The molecule has 0 spiro atoms. The molecule has 4 N–H and O–H groups in total. The topological polar surface area (TPSA) is 106 Å². The lowest BCUT2D eigenvalue weighted by Gasteiger charge is -2.22. The standard InChI is InChI=1S/C24H26N4O3S/c1-14-10-17(6-9-20(14)31-2)22(29)26-13-15-4-3-5-16(11-15)23(30)27-18-7-8-19-21(12-18)32-24(25)28-19/h3-6,9-11,18H,7-8,12-13H2,1-2H3,(H2,25,28)(H,26,29)(H,27,30)/t18-/m1/s1. The number of nitrogen functional groups attached to an aromatic ring is 1. The van der Waals surface area contributed by atoms with Crippen molar-refractivity contribution in [2.45, 2.75) is 38.8 Å². The number of hydrogen-bond donors (Lipinski definition) is 3. The van der Waals surface area contributed by atoms with Crippen LogP contribution in [-0.2, 0) is 19.4 Å². The summed E-state index contributed by atoms with van der Waals surface area (Å²) in [6.07, 6.45) is 2.43. The third kappa shape index (κ3) is 4.91. The molecule has 3 aromatic rings. The van der Waals surface area contributed by atoms with Crippen LogP contribution in [0.15, 0.2) is 42.5 Å². The first-order valence-electron chi connectivity index (χ1n) is 10.5. The number of nitrogens with one attached hydrogen (secondary N) is 2. The average molecular weight is 451 g/mol. The molecule has 4 rings (SSSR count). The third-order valence-electron chi connectivity index (χ3n) is 5.59. The summed E-state index contributed by atoms with van der Waals surface area (Å²) < 4.78 is 5.24. The summed E-state index contributed by atoms with van der Waals surface area (Å²) in [7, 11) is 1.60. The number of carbonyl (C=O) groups is 2. The maximum absolute atomic E-state index is 12.8. The molecule has 1 aliphatic rings. The van der Waals surface area contributed by atoms with Crippen molar-refractivity contribution in [3.05, 3.63) is 75.3 Å². The molecule has 1 aliphatic carbocycles. The molecule has 0 aliphatic heterocycles. The predicted octanol–water partition coefficient (Wildman–Crippen LogP) is 3.26. The molecule has 7 nitrogen and oxygen atoms in total. The lowest BCUT2D eigenvalue weighted by Crippen LogP contribution is -2.38. The van der Waals surface area contributed by atoms with Gasteiger partial charge in [-0.2, -0.15) is 0 Å². The normalized spacial score (nSPS) is 15.0. The lowest BCUT2D eigenvalue weighted by molar-refractivity contribution is 0.0931. The maximum Gasteiger partial charge on any atom is 0.251 e. The third-order valence-corrected chi connectivity index (χ3v) is 6.54. The van der Waals surface area contributed by atoms with Gasteiger partial charge in [0.15, 0.2) is 5.13 Å². The highest BCUT2D eigenvalue weighted by molar-refractivity contribution is 7.15. The fourth-order valence-corrected chi connectivity index (χ4v) is 4.87. The SMILES string of the molecule is COc1ccc(C(=O)NCc2cccc(C(=O)N[C@@H]3CCc4nc(N)sc4C3)c2)cc1C. The molecule has 166 valence electrons.